The van der Waals surface area contributed by atoms with Gasteiger partial charge in [-0.25, -0.2) is 4.79 Å². The molecule has 0 spiro atoms. The fraction of sp³-hybridized carbons (Fsp3) is 0.786. The highest BCUT2D eigenvalue weighted by molar-refractivity contribution is 5.86. The highest BCUT2D eigenvalue weighted by atomic mass is 16.4. The second-order valence-corrected chi connectivity index (χ2v) is 5.50. The molecule has 0 amide bonds. The Morgan fingerprint density at radius 3 is 2.47 bits per heavy atom. The van der Waals surface area contributed by atoms with Crippen molar-refractivity contribution < 1.29 is 9.90 Å². The third kappa shape index (κ3) is 4.90. The van der Waals surface area contributed by atoms with Gasteiger partial charge < -0.3 is 5.11 Å². The van der Waals surface area contributed by atoms with E-state index >= 15 is 0 Å². The van der Waals surface area contributed by atoms with Crippen molar-refractivity contribution in [1.82, 2.24) is 4.90 Å². The largest absolute Gasteiger partial charge is 0.478 e. The maximum absolute atomic E-state index is 10.9. The molecular weight excluding hydrogens is 214 g/mol. The number of carbonyl (C=O) groups is 1. The van der Waals surface area contributed by atoms with Crippen LogP contribution >= 0.6 is 0 Å². The molecule has 1 saturated carbocycles. The van der Waals surface area contributed by atoms with E-state index in [2.05, 4.69) is 25.3 Å². The fourth-order valence-corrected chi connectivity index (χ4v) is 2.40. The quantitative estimate of drug-likeness (QED) is 0.694. The van der Waals surface area contributed by atoms with Crippen LogP contribution in [-0.2, 0) is 4.79 Å². The number of aliphatic carboxylic acids is 1. The Balaban J connectivity index is 2.51. The van der Waals surface area contributed by atoms with Crippen molar-refractivity contribution in [2.75, 3.05) is 13.1 Å². The summed E-state index contributed by atoms with van der Waals surface area (Å²) < 4.78 is 0. The lowest BCUT2D eigenvalue weighted by atomic mass is 10.1. The Hall–Kier alpha value is -0.830. The normalized spacial score (nSPS) is 16.9. The Bertz CT molecular complexity index is 267. The van der Waals surface area contributed by atoms with Gasteiger partial charge in [-0.3, -0.25) is 4.90 Å². The summed E-state index contributed by atoms with van der Waals surface area (Å²) in [5.41, 5.74) is 0.320. The van der Waals surface area contributed by atoms with Crippen LogP contribution in [0.5, 0.6) is 0 Å². The highest BCUT2D eigenvalue weighted by Gasteiger charge is 2.23. The van der Waals surface area contributed by atoms with Crippen LogP contribution in [0.1, 0.15) is 46.0 Å². The van der Waals surface area contributed by atoms with E-state index in [1.54, 1.807) is 0 Å². The first kappa shape index (κ1) is 14.2. The van der Waals surface area contributed by atoms with E-state index in [4.69, 9.17) is 5.11 Å². The van der Waals surface area contributed by atoms with Gasteiger partial charge in [0.1, 0.15) is 0 Å². The van der Waals surface area contributed by atoms with Gasteiger partial charge in [-0.15, -0.1) is 0 Å². The fourth-order valence-electron chi connectivity index (χ4n) is 2.40. The monoisotopic (exact) mass is 239 g/mol. The van der Waals surface area contributed by atoms with E-state index < -0.39 is 5.97 Å². The zero-order chi connectivity index (χ0) is 12.8. The Morgan fingerprint density at radius 2 is 2.00 bits per heavy atom. The third-order valence-electron chi connectivity index (χ3n) is 3.53. The topological polar surface area (TPSA) is 40.5 Å². The Kier molecular flexibility index (Phi) is 5.69. The van der Waals surface area contributed by atoms with Crippen molar-refractivity contribution in [3.63, 3.8) is 0 Å². The van der Waals surface area contributed by atoms with E-state index in [-0.39, 0.29) is 0 Å². The molecule has 1 fully saturated rings. The highest BCUT2D eigenvalue weighted by Crippen LogP contribution is 2.24. The first-order valence-electron chi connectivity index (χ1n) is 6.65. The van der Waals surface area contributed by atoms with Crippen molar-refractivity contribution in [2.45, 2.75) is 52.0 Å². The standard InChI is InChI=1S/C14H25NO2/c1-11(2)8-9-15(10-12(3)14(16)17)13-6-4-5-7-13/h11,13H,3-10H2,1-2H3,(H,16,17). The molecule has 1 rings (SSSR count). The number of carboxylic acids is 1. The Labute approximate surface area is 105 Å². The number of rotatable bonds is 7. The lowest BCUT2D eigenvalue weighted by Crippen LogP contribution is -2.37. The predicted octanol–water partition coefficient (Wildman–Crippen LogP) is 2.92. The van der Waals surface area contributed by atoms with Crippen molar-refractivity contribution in [1.29, 1.82) is 0 Å². The third-order valence-corrected chi connectivity index (χ3v) is 3.53. The maximum atomic E-state index is 10.9. The van der Waals surface area contributed by atoms with Crippen molar-refractivity contribution >= 4 is 5.97 Å². The lowest BCUT2D eigenvalue weighted by Gasteiger charge is -2.29. The van der Waals surface area contributed by atoms with E-state index in [0.717, 1.165) is 13.0 Å². The Morgan fingerprint density at radius 1 is 1.41 bits per heavy atom. The summed E-state index contributed by atoms with van der Waals surface area (Å²) >= 11 is 0. The molecule has 0 aromatic carbocycles. The summed E-state index contributed by atoms with van der Waals surface area (Å²) in [5, 5.41) is 8.92. The molecule has 17 heavy (non-hydrogen) atoms. The summed E-state index contributed by atoms with van der Waals surface area (Å²) in [7, 11) is 0. The first-order valence-corrected chi connectivity index (χ1v) is 6.65. The molecule has 0 atom stereocenters. The minimum Gasteiger partial charge on any atom is -0.478 e. The average Bonchev–Trinajstić information content (AvgIpc) is 2.76. The molecule has 0 aliphatic heterocycles. The number of carboxylic acid groups (broad SMARTS) is 1. The van der Waals surface area contributed by atoms with Gasteiger partial charge in [0.2, 0.25) is 0 Å². The minimum atomic E-state index is -0.863. The van der Waals surface area contributed by atoms with Gasteiger partial charge in [-0.1, -0.05) is 33.3 Å². The van der Waals surface area contributed by atoms with Gasteiger partial charge in [-0.05, 0) is 31.7 Å². The van der Waals surface area contributed by atoms with Gasteiger partial charge in [0.25, 0.3) is 0 Å². The van der Waals surface area contributed by atoms with Crippen LogP contribution in [0.4, 0.5) is 0 Å². The molecule has 0 aromatic heterocycles. The summed E-state index contributed by atoms with van der Waals surface area (Å²) in [4.78, 5) is 13.2. The smallest absolute Gasteiger partial charge is 0.332 e. The van der Waals surface area contributed by atoms with Gasteiger partial charge in [0.05, 0.1) is 0 Å². The number of hydrogen-bond donors (Lipinski definition) is 1. The molecule has 3 heteroatoms. The SMILES string of the molecule is C=C(CN(CCC(C)C)C1CCCC1)C(=O)O. The van der Waals surface area contributed by atoms with Crippen molar-refractivity contribution in [3.8, 4) is 0 Å². The summed E-state index contributed by atoms with van der Waals surface area (Å²) in [6.45, 7) is 9.58. The molecule has 98 valence electrons. The minimum absolute atomic E-state index is 0.320. The van der Waals surface area contributed by atoms with Crippen molar-refractivity contribution in [2.24, 2.45) is 5.92 Å². The lowest BCUT2D eigenvalue weighted by molar-refractivity contribution is -0.133. The molecule has 0 heterocycles. The van der Waals surface area contributed by atoms with Gasteiger partial charge in [0.15, 0.2) is 0 Å². The summed E-state index contributed by atoms with van der Waals surface area (Å²) in [6.07, 6.45) is 6.12. The molecular formula is C14H25NO2. The zero-order valence-corrected chi connectivity index (χ0v) is 11.1. The van der Waals surface area contributed by atoms with Crippen LogP contribution in [0.3, 0.4) is 0 Å². The van der Waals surface area contributed by atoms with E-state index in [1.807, 2.05) is 0 Å². The van der Waals surface area contributed by atoms with Crippen LogP contribution in [0, 0.1) is 5.92 Å². The van der Waals surface area contributed by atoms with Crippen LogP contribution in [0.15, 0.2) is 12.2 Å². The maximum Gasteiger partial charge on any atom is 0.332 e. The molecule has 1 N–H and O–H groups in total. The second-order valence-electron chi connectivity index (χ2n) is 5.50. The van der Waals surface area contributed by atoms with Gasteiger partial charge >= 0.3 is 5.97 Å². The molecule has 1 aliphatic carbocycles. The predicted molar refractivity (Wildman–Crippen MR) is 70.1 cm³/mol. The summed E-state index contributed by atoms with van der Waals surface area (Å²) in [5.74, 6) is -0.199. The van der Waals surface area contributed by atoms with Crippen LogP contribution in [0.2, 0.25) is 0 Å². The molecule has 3 nitrogen and oxygen atoms in total. The van der Waals surface area contributed by atoms with Crippen LogP contribution in [-0.4, -0.2) is 35.1 Å². The molecule has 0 unspecified atom stereocenters. The average molecular weight is 239 g/mol. The molecule has 0 bridgehead atoms. The summed E-state index contributed by atoms with van der Waals surface area (Å²) in [6, 6.07) is 0.574. The molecule has 1 aliphatic rings. The number of nitrogens with zero attached hydrogens (tertiary/aromatic N) is 1. The first-order chi connectivity index (χ1) is 8.00. The zero-order valence-electron chi connectivity index (χ0n) is 11.1. The van der Waals surface area contributed by atoms with E-state index in [9.17, 15) is 4.79 Å². The van der Waals surface area contributed by atoms with Gasteiger partial charge in [0, 0.05) is 18.2 Å². The van der Waals surface area contributed by atoms with E-state index in [0.29, 0.717) is 24.1 Å². The number of hydrogen-bond acceptors (Lipinski definition) is 2. The van der Waals surface area contributed by atoms with E-state index in [1.165, 1.54) is 25.7 Å². The van der Waals surface area contributed by atoms with Crippen LogP contribution in [0.25, 0.3) is 0 Å². The van der Waals surface area contributed by atoms with Crippen LogP contribution < -0.4 is 0 Å². The molecule has 0 saturated heterocycles. The molecule has 0 aromatic rings. The second kappa shape index (κ2) is 6.80. The molecule has 0 radical (unpaired) electrons. The van der Waals surface area contributed by atoms with Gasteiger partial charge in [-0.2, -0.15) is 0 Å². The van der Waals surface area contributed by atoms with Crippen molar-refractivity contribution in [3.05, 3.63) is 12.2 Å².